The minimum absolute atomic E-state index is 0.0825. The van der Waals surface area contributed by atoms with Gasteiger partial charge in [0.2, 0.25) is 5.95 Å². The van der Waals surface area contributed by atoms with Crippen LogP contribution in [0.15, 0.2) is 42.5 Å². The molecule has 6 nitrogen and oxygen atoms in total. The molecule has 2 aromatic heterocycles. The average molecular weight is 388 g/mol. The van der Waals surface area contributed by atoms with Crippen LogP contribution in [-0.4, -0.2) is 28.0 Å². The van der Waals surface area contributed by atoms with Crippen LogP contribution in [0.5, 0.6) is 0 Å². The molecule has 0 saturated heterocycles. The second-order valence-electron chi connectivity index (χ2n) is 5.89. The highest BCUT2D eigenvalue weighted by Gasteiger charge is 2.34. The van der Waals surface area contributed by atoms with E-state index in [1.807, 2.05) is 0 Å². The zero-order valence-corrected chi connectivity index (χ0v) is 14.9. The quantitative estimate of drug-likeness (QED) is 0.685. The summed E-state index contributed by atoms with van der Waals surface area (Å²) in [6.07, 6.45) is -4.66. The van der Waals surface area contributed by atoms with E-state index in [9.17, 15) is 18.0 Å². The van der Waals surface area contributed by atoms with Crippen molar-refractivity contribution in [1.82, 2.24) is 15.0 Å². The molecule has 2 N–H and O–H groups in total. The van der Waals surface area contributed by atoms with Crippen molar-refractivity contribution in [3.63, 3.8) is 0 Å². The van der Waals surface area contributed by atoms with E-state index in [1.54, 1.807) is 30.3 Å². The van der Waals surface area contributed by atoms with Crippen molar-refractivity contribution in [3.8, 4) is 22.4 Å². The molecular weight excluding hydrogens is 373 g/mol. The molecule has 3 aromatic rings. The molecule has 9 heteroatoms. The number of carbonyl (C=O) groups excluding carboxylic acids is 1. The molecule has 0 spiro atoms. The van der Waals surface area contributed by atoms with Crippen LogP contribution in [0.1, 0.15) is 21.9 Å². The van der Waals surface area contributed by atoms with E-state index in [-0.39, 0.29) is 34.2 Å². The smallest absolute Gasteiger partial charge is 0.433 e. The molecule has 0 saturated carbocycles. The number of ether oxygens (including phenoxy) is 1. The number of aromatic nitrogens is 3. The molecule has 144 valence electrons. The molecule has 0 fully saturated rings. The number of nitrogen functional groups attached to an aromatic ring is 1. The molecule has 1 aromatic carbocycles. The topological polar surface area (TPSA) is 91.0 Å². The normalized spacial score (nSPS) is 11.3. The van der Waals surface area contributed by atoms with Crippen molar-refractivity contribution >= 4 is 11.9 Å². The third kappa shape index (κ3) is 3.78. The summed E-state index contributed by atoms with van der Waals surface area (Å²) in [6.45, 7) is 1.43. The number of hydrogen-bond donors (Lipinski definition) is 1. The summed E-state index contributed by atoms with van der Waals surface area (Å²) < 4.78 is 44.6. The first-order valence-electron chi connectivity index (χ1n) is 8.08. The summed E-state index contributed by atoms with van der Waals surface area (Å²) in [5, 5.41) is 0. The molecule has 0 radical (unpaired) electrons. The third-order valence-electron chi connectivity index (χ3n) is 3.88. The molecule has 0 aliphatic rings. The van der Waals surface area contributed by atoms with Crippen molar-refractivity contribution in [2.75, 3.05) is 12.8 Å². The minimum Gasteiger partial charge on any atom is -0.464 e. The number of halogens is 3. The number of rotatable bonds is 3. The molecule has 0 aliphatic carbocycles. The summed E-state index contributed by atoms with van der Waals surface area (Å²) in [7, 11) is 1.14. The Morgan fingerprint density at radius 1 is 1.04 bits per heavy atom. The number of methoxy groups -OCH3 is 1. The van der Waals surface area contributed by atoms with Crippen molar-refractivity contribution in [2.45, 2.75) is 13.1 Å². The first-order valence-corrected chi connectivity index (χ1v) is 8.08. The molecule has 0 atom stereocenters. The van der Waals surface area contributed by atoms with Crippen LogP contribution in [0.2, 0.25) is 0 Å². The van der Waals surface area contributed by atoms with Gasteiger partial charge in [0.05, 0.1) is 12.8 Å². The fraction of sp³-hybridized carbons (Fsp3) is 0.158. The number of carbonyl (C=O) groups is 1. The fourth-order valence-corrected chi connectivity index (χ4v) is 2.76. The van der Waals surface area contributed by atoms with E-state index in [0.29, 0.717) is 5.56 Å². The molecule has 28 heavy (non-hydrogen) atoms. The number of benzene rings is 1. The molecule has 2 heterocycles. The van der Waals surface area contributed by atoms with Crippen molar-refractivity contribution in [2.24, 2.45) is 0 Å². The first-order chi connectivity index (χ1) is 13.2. The average Bonchev–Trinajstić information content (AvgIpc) is 2.66. The Morgan fingerprint density at radius 3 is 2.32 bits per heavy atom. The van der Waals surface area contributed by atoms with Gasteiger partial charge in [-0.1, -0.05) is 30.3 Å². The minimum atomic E-state index is -4.66. The first kappa shape index (κ1) is 19.3. The van der Waals surface area contributed by atoms with Gasteiger partial charge in [0.1, 0.15) is 5.69 Å². The number of alkyl halides is 3. The number of aryl methyl sites for hydroxylation is 1. The zero-order chi connectivity index (χ0) is 20.5. The number of hydrogen-bond acceptors (Lipinski definition) is 6. The second kappa shape index (κ2) is 7.26. The number of nitrogens with two attached hydrogens (primary N) is 1. The highest BCUT2D eigenvalue weighted by molar-refractivity contribution is 6.00. The van der Waals surface area contributed by atoms with Gasteiger partial charge in [-0.15, -0.1) is 0 Å². The van der Waals surface area contributed by atoms with Crippen LogP contribution >= 0.6 is 0 Å². The van der Waals surface area contributed by atoms with Gasteiger partial charge < -0.3 is 10.5 Å². The van der Waals surface area contributed by atoms with Gasteiger partial charge in [0, 0.05) is 16.8 Å². The predicted octanol–water partition coefficient (Wildman–Crippen LogP) is 3.90. The van der Waals surface area contributed by atoms with Crippen LogP contribution in [0.4, 0.5) is 19.1 Å². The Balaban J connectivity index is 2.39. The zero-order valence-electron chi connectivity index (χ0n) is 14.9. The summed E-state index contributed by atoms with van der Waals surface area (Å²) in [6, 6.07) is 10.9. The standard InChI is InChI=1S/C19H15F3N4O2/c1-10-8-12(9-13(24-10)19(20,21)22)14-15(11-6-4-3-5-7-11)25-18(23)26-16(14)17(27)28-2/h3-9H,1-2H3,(H2,23,25,26). The highest BCUT2D eigenvalue weighted by atomic mass is 19.4. The molecule has 0 bridgehead atoms. The van der Waals surface area contributed by atoms with Crippen molar-refractivity contribution in [3.05, 3.63) is 59.5 Å². The third-order valence-corrected chi connectivity index (χ3v) is 3.88. The molecule has 0 aliphatic heterocycles. The molecule has 3 rings (SSSR count). The Hall–Kier alpha value is -3.49. The SMILES string of the molecule is COC(=O)c1nc(N)nc(-c2ccccc2)c1-c1cc(C)nc(C(F)(F)F)c1. The largest absolute Gasteiger partial charge is 0.464 e. The lowest BCUT2D eigenvalue weighted by atomic mass is 9.96. The molecule has 0 unspecified atom stereocenters. The van der Waals surface area contributed by atoms with E-state index in [1.165, 1.54) is 13.0 Å². The number of pyridine rings is 1. The lowest BCUT2D eigenvalue weighted by Crippen LogP contribution is -2.13. The number of esters is 1. The highest BCUT2D eigenvalue weighted by Crippen LogP contribution is 2.37. The summed E-state index contributed by atoms with van der Waals surface area (Å²) >= 11 is 0. The molecular formula is C19H15F3N4O2. The number of anilines is 1. The van der Waals surface area contributed by atoms with Gasteiger partial charge in [-0.2, -0.15) is 13.2 Å². The van der Waals surface area contributed by atoms with E-state index in [0.717, 1.165) is 13.2 Å². The summed E-state index contributed by atoms with van der Waals surface area (Å²) in [5.74, 6) is -1.05. The Morgan fingerprint density at radius 2 is 1.71 bits per heavy atom. The van der Waals surface area contributed by atoms with E-state index in [4.69, 9.17) is 10.5 Å². The van der Waals surface area contributed by atoms with Crippen molar-refractivity contribution in [1.29, 1.82) is 0 Å². The van der Waals surface area contributed by atoms with Gasteiger partial charge in [-0.25, -0.2) is 19.7 Å². The Bertz CT molecular complexity index is 1040. The van der Waals surface area contributed by atoms with Gasteiger partial charge in [-0.05, 0) is 24.6 Å². The molecule has 0 amide bonds. The van der Waals surface area contributed by atoms with E-state index < -0.39 is 17.8 Å². The van der Waals surface area contributed by atoms with Crippen LogP contribution in [0, 0.1) is 6.92 Å². The Labute approximate surface area is 158 Å². The second-order valence-corrected chi connectivity index (χ2v) is 5.89. The maximum atomic E-state index is 13.3. The van der Waals surface area contributed by atoms with Gasteiger partial charge >= 0.3 is 12.1 Å². The predicted molar refractivity (Wildman–Crippen MR) is 96.2 cm³/mol. The van der Waals surface area contributed by atoms with Crippen LogP contribution < -0.4 is 5.73 Å². The van der Waals surface area contributed by atoms with Crippen LogP contribution in [-0.2, 0) is 10.9 Å². The van der Waals surface area contributed by atoms with Crippen LogP contribution in [0.25, 0.3) is 22.4 Å². The van der Waals surface area contributed by atoms with E-state index >= 15 is 0 Å². The van der Waals surface area contributed by atoms with E-state index in [2.05, 4.69) is 15.0 Å². The maximum Gasteiger partial charge on any atom is 0.433 e. The van der Waals surface area contributed by atoms with Crippen molar-refractivity contribution < 1.29 is 22.7 Å². The number of nitrogens with zero attached hydrogens (tertiary/aromatic N) is 3. The maximum absolute atomic E-state index is 13.3. The van der Waals surface area contributed by atoms with Crippen LogP contribution in [0.3, 0.4) is 0 Å². The van der Waals surface area contributed by atoms with Gasteiger partial charge in [-0.3, -0.25) is 0 Å². The lowest BCUT2D eigenvalue weighted by molar-refractivity contribution is -0.141. The summed E-state index contributed by atoms with van der Waals surface area (Å²) in [5.41, 5.74) is 5.49. The van der Waals surface area contributed by atoms with Gasteiger partial charge in [0.25, 0.3) is 0 Å². The monoisotopic (exact) mass is 388 g/mol. The lowest BCUT2D eigenvalue weighted by Gasteiger charge is -2.15. The fourth-order valence-electron chi connectivity index (χ4n) is 2.76. The summed E-state index contributed by atoms with van der Waals surface area (Å²) in [4.78, 5) is 23.9. The van der Waals surface area contributed by atoms with Gasteiger partial charge in [0.15, 0.2) is 5.69 Å². The Kier molecular flexibility index (Phi) is 5.00.